The second-order valence-corrected chi connectivity index (χ2v) is 5.47. The van der Waals surface area contributed by atoms with Gasteiger partial charge in [-0.05, 0) is 37.5 Å². The second kappa shape index (κ2) is 7.67. The van der Waals surface area contributed by atoms with Crippen LogP contribution in [0.2, 0.25) is 0 Å². The molecule has 0 aliphatic carbocycles. The molecule has 1 aromatic carbocycles. The molecule has 1 heterocycles. The number of primary amides is 1. The predicted molar refractivity (Wildman–Crippen MR) is 84.0 cm³/mol. The highest BCUT2D eigenvalue weighted by Crippen LogP contribution is 2.29. The molecule has 1 aliphatic heterocycles. The number of benzene rings is 1. The largest absolute Gasteiger partial charge is 0.493 e. The third-order valence-electron chi connectivity index (χ3n) is 3.83. The van der Waals surface area contributed by atoms with Gasteiger partial charge in [0.05, 0.1) is 7.11 Å². The second-order valence-electron chi connectivity index (χ2n) is 5.47. The van der Waals surface area contributed by atoms with Crippen molar-refractivity contribution in [1.82, 2.24) is 4.90 Å². The number of methoxy groups -OCH3 is 1. The van der Waals surface area contributed by atoms with Crippen LogP contribution in [0.25, 0.3) is 0 Å². The molecule has 1 aliphatic rings. The van der Waals surface area contributed by atoms with Gasteiger partial charge in [-0.25, -0.2) is 4.79 Å². The number of nitrogens with two attached hydrogens (primary N) is 1. The van der Waals surface area contributed by atoms with Crippen LogP contribution in [0.1, 0.15) is 29.6 Å². The van der Waals surface area contributed by atoms with Crippen molar-refractivity contribution >= 4 is 17.8 Å². The lowest BCUT2D eigenvalue weighted by atomic mass is 10.0. The summed E-state index contributed by atoms with van der Waals surface area (Å²) in [6.07, 6.45) is 1.99. The van der Waals surface area contributed by atoms with Gasteiger partial charge in [0.25, 0.3) is 11.8 Å². The first-order chi connectivity index (χ1) is 11.4. The van der Waals surface area contributed by atoms with E-state index in [2.05, 4.69) is 0 Å². The van der Waals surface area contributed by atoms with Gasteiger partial charge in [0.15, 0.2) is 18.1 Å². The number of carboxylic acids is 1. The number of rotatable bonds is 6. The fraction of sp³-hybridized carbons (Fsp3) is 0.438. The van der Waals surface area contributed by atoms with E-state index in [9.17, 15) is 19.5 Å². The lowest BCUT2D eigenvalue weighted by Gasteiger charge is -2.33. The highest BCUT2D eigenvalue weighted by molar-refractivity contribution is 5.97. The lowest BCUT2D eigenvalue weighted by molar-refractivity contribution is -0.143. The van der Waals surface area contributed by atoms with Gasteiger partial charge in [-0.2, -0.15) is 0 Å². The van der Waals surface area contributed by atoms with Gasteiger partial charge >= 0.3 is 5.97 Å². The highest BCUT2D eigenvalue weighted by atomic mass is 16.5. The minimum Gasteiger partial charge on any atom is -0.493 e. The molecule has 1 fully saturated rings. The molecule has 0 radical (unpaired) electrons. The van der Waals surface area contributed by atoms with E-state index >= 15 is 0 Å². The summed E-state index contributed by atoms with van der Waals surface area (Å²) in [4.78, 5) is 36.2. The van der Waals surface area contributed by atoms with E-state index in [1.165, 1.54) is 30.2 Å². The molecule has 0 aromatic heterocycles. The maximum absolute atomic E-state index is 12.7. The quantitative estimate of drug-likeness (QED) is 0.787. The number of piperidine rings is 1. The summed E-state index contributed by atoms with van der Waals surface area (Å²) in [5, 5.41) is 9.29. The molecule has 1 unspecified atom stereocenters. The van der Waals surface area contributed by atoms with Crippen molar-refractivity contribution in [3.63, 3.8) is 0 Å². The Balaban J connectivity index is 2.22. The number of ether oxygens (including phenoxy) is 2. The van der Waals surface area contributed by atoms with Crippen LogP contribution in [0.15, 0.2) is 18.2 Å². The van der Waals surface area contributed by atoms with Gasteiger partial charge < -0.3 is 25.2 Å². The third kappa shape index (κ3) is 3.95. The third-order valence-corrected chi connectivity index (χ3v) is 3.83. The summed E-state index contributed by atoms with van der Waals surface area (Å²) >= 11 is 0. The summed E-state index contributed by atoms with van der Waals surface area (Å²) in [5.41, 5.74) is 5.33. The van der Waals surface area contributed by atoms with Crippen LogP contribution in [0.5, 0.6) is 11.5 Å². The van der Waals surface area contributed by atoms with Gasteiger partial charge in [-0.3, -0.25) is 9.59 Å². The molecule has 1 atom stereocenters. The van der Waals surface area contributed by atoms with Crippen molar-refractivity contribution in [2.24, 2.45) is 5.73 Å². The van der Waals surface area contributed by atoms with Gasteiger partial charge in [-0.15, -0.1) is 0 Å². The van der Waals surface area contributed by atoms with Crippen LogP contribution in [0.4, 0.5) is 0 Å². The fourth-order valence-corrected chi connectivity index (χ4v) is 2.67. The number of amides is 2. The Labute approximate surface area is 139 Å². The summed E-state index contributed by atoms with van der Waals surface area (Å²) in [7, 11) is 1.40. The number of aliphatic carboxylic acids is 1. The zero-order valence-electron chi connectivity index (χ0n) is 13.4. The van der Waals surface area contributed by atoms with E-state index in [1.807, 2.05) is 0 Å². The first-order valence-corrected chi connectivity index (χ1v) is 7.57. The molecule has 0 saturated carbocycles. The molecule has 130 valence electrons. The Morgan fingerprint density at radius 2 is 2.04 bits per heavy atom. The van der Waals surface area contributed by atoms with Gasteiger partial charge in [-0.1, -0.05) is 0 Å². The Morgan fingerprint density at radius 1 is 1.29 bits per heavy atom. The van der Waals surface area contributed by atoms with Crippen LogP contribution >= 0.6 is 0 Å². The topological polar surface area (TPSA) is 119 Å². The Bertz CT molecular complexity index is 645. The standard InChI is InChI=1S/C16H20N2O6/c1-23-13-8-10(5-6-12(13)24-9-14(17)19)15(20)18-7-3-2-4-11(18)16(21)22/h5-6,8,11H,2-4,7,9H2,1H3,(H2,17,19)(H,21,22). The minimum atomic E-state index is -1.00. The van der Waals surface area contributed by atoms with Crippen LogP contribution in [0, 0.1) is 0 Å². The SMILES string of the molecule is COc1cc(C(=O)N2CCCCC2C(=O)O)ccc1OCC(N)=O. The van der Waals surface area contributed by atoms with E-state index in [0.29, 0.717) is 18.5 Å². The molecule has 8 heteroatoms. The first-order valence-electron chi connectivity index (χ1n) is 7.57. The highest BCUT2D eigenvalue weighted by Gasteiger charge is 2.32. The van der Waals surface area contributed by atoms with Crippen molar-refractivity contribution < 1.29 is 29.0 Å². The van der Waals surface area contributed by atoms with E-state index in [-0.39, 0.29) is 24.0 Å². The van der Waals surface area contributed by atoms with E-state index in [4.69, 9.17) is 15.2 Å². The number of likely N-dealkylation sites (tertiary alicyclic amines) is 1. The first kappa shape index (κ1) is 17.6. The van der Waals surface area contributed by atoms with E-state index in [0.717, 1.165) is 12.8 Å². The average molecular weight is 336 g/mol. The molecule has 3 N–H and O–H groups in total. The van der Waals surface area contributed by atoms with E-state index < -0.39 is 17.9 Å². The van der Waals surface area contributed by atoms with Crippen molar-refractivity contribution in [2.75, 3.05) is 20.3 Å². The number of carbonyl (C=O) groups excluding carboxylic acids is 2. The minimum absolute atomic E-state index is 0.269. The molecule has 0 bridgehead atoms. The van der Waals surface area contributed by atoms with Crippen molar-refractivity contribution in [3.05, 3.63) is 23.8 Å². The molecule has 1 saturated heterocycles. The summed E-state index contributed by atoms with van der Waals surface area (Å²) in [6, 6.07) is 3.65. The molecule has 2 rings (SSSR count). The van der Waals surface area contributed by atoms with E-state index in [1.54, 1.807) is 0 Å². The summed E-state index contributed by atoms with van der Waals surface area (Å²) in [5.74, 6) is -1.46. The van der Waals surface area contributed by atoms with Gasteiger partial charge in [0, 0.05) is 12.1 Å². The number of carbonyl (C=O) groups is 3. The molecule has 8 nitrogen and oxygen atoms in total. The molecule has 0 spiro atoms. The molecule has 2 amide bonds. The number of hydrogen-bond donors (Lipinski definition) is 2. The summed E-state index contributed by atoms with van der Waals surface area (Å²) < 4.78 is 10.4. The monoisotopic (exact) mass is 336 g/mol. The van der Waals surface area contributed by atoms with Crippen LogP contribution in [-0.2, 0) is 9.59 Å². The van der Waals surface area contributed by atoms with Crippen LogP contribution in [-0.4, -0.2) is 54.1 Å². The maximum atomic E-state index is 12.7. The number of hydrogen-bond acceptors (Lipinski definition) is 5. The zero-order chi connectivity index (χ0) is 17.7. The smallest absolute Gasteiger partial charge is 0.326 e. The Kier molecular flexibility index (Phi) is 5.62. The maximum Gasteiger partial charge on any atom is 0.326 e. The molecular formula is C16H20N2O6. The van der Waals surface area contributed by atoms with Gasteiger partial charge in [0.1, 0.15) is 6.04 Å². The fourth-order valence-electron chi connectivity index (χ4n) is 2.67. The zero-order valence-corrected chi connectivity index (χ0v) is 13.4. The predicted octanol–water partition coefficient (Wildman–Crippen LogP) is 0.639. The summed E-state index contributed by atoms with van der Waals surface area (Å²) in [6.45, 7) is 0.0922. The van der Waals surface area contributed by atoms with Crippen molar-refractivity contribution in [1.29, 1.82) is 0 Å². The molecule has 24 heavy (non-hydrogen) atoms. The van der Waals surface area contributed by atoms with Crippen molar-refractivity contribution in [2.45, 2.75) is 25.3 Å². The van der Waals surface area contributed by atoms with Crippen LogP contribution < -0.4 is 15.2 Å². The number of nitrogens with zero attached hydrogens (tertiary/aromatic N) is 1. The Hall–Kier alpha value is -2.77. The van der Waals surface area contributed by atoms with Gasteiger partial charge in [0.2, 0.25) is 0 Å². The lowest BCUT2D eigenvalue weighted by Crippen LogP contribution is -2.47. The molecular weight excluding hydrogens is 316 g/mol. The Morgan fingerprint density at radius 3 is 2.67 bits per heavy atom. The number of carboxylic acid groups (broad SMARTS) is 1. The van der Waals surface area contributed by atoms with Crippen LogP contribution in [0.3, 0.4) is 0 Å². The molecule has 1 aromatic rings. The van der Waals surface area contributed by atoms with Crippen molar-refractivity contribution in [3.8, 4) is 11.5 Å². The normalized spacial score (nSPS) is 17.2. The average Bonchev–Trinajstić information content (AvgIpc) is 2.59.